The van der Waals surface area contributed by atoms with Gasteiger partial charge < -0.3 is 5.11 Å². The minimum absolute atomic E-state index is 0. The van der Waals surface area contributed by atoms with E-state index >= 15 is 0 Å². The topological polar surface area (TPSA) is 80.4 Å². The van der Waals surface area contributed by atoms with Gasteiger partial charge in [-0.15, -0.1) is 0 Å². The van der Waals surface area contributed by atoms with E-state index in [0.717, 1.165) is 6.08 Å². The van der Waals surface area contributed by atoms with Crippen LogP contribution >= 0.6 is 0 Å². The van der Waals surface area contributed by atoms with Gasteiger partial charge in [-0.2, -0.15) is 0 Å². The second kappa shape index (κ2) is 6.34. The van der Waals surface area contributed by atoms with E-state index in [2.05, 4.69) is 0 Å². The van der Waals surface area contributed by atoms with E-state index in [9.17, 15) is 14.9 Å². The molecule has 0 atom stereocenters. The van der Waals surface area contributed by atoms with Gasteiger partial charge in [0.2, 0.25) is 0 Å². The Morgan fingerprint density at radius 2 is 2.00 bits per heavy atom. The van der Waals surface area contributed by atoms with Gasteiger partial charge in [0.25, 0.3) is 5.69 Å². The van der Waals surface area contributed by atoms with Crippen LogP contribution in [-0.2, 0) is 4.79 Å². The maximum atomic E-state index is 10.5. The van der Waals surface area contributed by atoms with Crippen LogP contribution in [0.15, 0.2) is 30.3 Å². The van der Waals surface area contributed by atoms with Gasteiger partial charge in [0.05, 0.1) is 10.5 Å². The normalized spacial score (nSPS) is 9.60. The monoisotopic (exact) mass is 216 g/mol. The number of hydrogen-bond acceptors (Lipinski definition) is 3. The number of carboxylic acid groups (broad SMARTS) is 1. The summed E-state index contributed by atoms with van der Waals surface area (Å²) in [4.78, 5) is 20.1. The van der Waals surface area contributed by atoms with Gasteiger partial charge in [0.1, 0.15) is 0 Å². The average molecular weight is 216 g/mol. The smallest absolute Gasteiger partial charge is 0.328 e. The van der Waals surface area contributed by atoms with Gasteiger partial charge in [-0.05, 0) is 12.1 Å². The Hall–Kier alpha value is -1.17. The van der Waals surface area contributed by atoms with Crippen LogP contribution < -0.4 is 0 Å². The summed E-state index contributed by atoms with van der Waals surface area (Å²) in [6, 6.07) is 5.93. The fourth-order valence-corrected chi connectivity index (χ4v) is 0.956. The third-order valence-electron chi connectivity index (χ3n) is 1.54. The number of nitrogens with zero attached hydrogens (tertiary/aromatic N) is 1. The van der Waals surface area contributed by atoms with E-state index in [1.807, 2.05) is 0 Å². The van der Waals surface area contributed by atoms with Crippen molar-refractivity contribution in [2.45, 2.75) is 0 Å². The average Bonchev–Trinajstić information content (AvgIpc) is 2.15. The molecule has 0 heterocycles. The summed E-state index contributed by atoms with van der Waals surface area (Å²) in [6.45, 7) is 0. The molecule has 0 saturated carbocycles. The summed E-state index contributed by atoms with van der Waals surface area (Å²) >= 11 is 0. The van der Waals surface area contributed by atoms with Crippen LogP contribution in [0.2, 0.25) is 0 Å². The predicted octanol–water partition coefficient (Wildman–Crippen LogP) is 1.31. The van der Waals surface area contributed by atoms with Crippen molar-refractivity contribution in [1.82, 2.24) is 0 Å². The molecule has 0 aliphatic heterocycles. The van der Waals surface area contributed by atoms with Crippen LogP contribution in [0.4, 0.5) is 5.69 Å². The number of carboxylic acids is 1. The van der Waals surface area contributed by atoms with E-state index in [1.54, 1.807) is 6.07 Å². The Bertz CT molecular complexity index is 403. The quantitative estimate of drug-likeness (QED) is 0.357. The zero-order valence-electron chi connectivity index (χ0n) is 8.08. The predicted molar refractivity (Wildman–Crippen MR) is 55.5 cm³/mol. The fourth-order valence-electron chi connectivity index (χ4n) is 0.956. The second-order valence-corrected chi connectivity index (χ2v) is 2.49. The number of carbonyl (C=O) groups is 1. The Labute approximate surface area is 108 Å². The van der Waals surface area contributed by atoms with Gasteiger partial charge in [0, 0.05) is 41.7 Å². The van der Waals surface area contributed by atoms with Crippen LogP contribution in [0.1, 0.15) is 5.56 Å². The number of aliphatic carboxylic acids is 1. The summed E-state index contributed by atoms with van der Waals surface area (Å²) in [7, 11) is 0. The zero-order valence-corrected chi connectivity index (χ0v) is 10.1. The largest absolute Gasteiger partial charge is 0.478 e. The molecule has 0 amide bonds. The third kappa shape index (κ3) is 4.24. The van der Waals surface area contributed by atoms with Crippen molar-refractivity contribution in [3.8, 4) is 0 Å². The molecule has 0 aliphatic rings. The van der Waals surface area contributed by atoms with Gasteiger partial charge >= 0.3 is 5.97 Å². The van der Waals surface area contributed by atoms with Crippen molar-refractivity contribution in [2.75, 3.05) is 0 Å². The van der Waals surface area contributed by atoms with E-state index in [-0.39, 0.29) is 40.8 Å². The number of nitro benzene ring substituents is 1. The van der Waals surface area contributed by atoms with Gasteiger partial charge in [-0.3, -0.25) is 10.1 Å². The molecule has 0 spiro atoms. The molecule has 0 saturated heterocycles. The maximum Gasteiger partial charge on any atom is 0.328 e. The number of rotatable bonds is 3. The Morgan fingerprint density at radius 1 is 1.40 bits per heavy atom. The molecule has 0 bridgehead atoms. The summed E-state index contributed by atoms with van der Waals surface area (Å²) in [5.41, 5.74) is 0.171. The standard InChI is InChI=1S/C9H7NO4.Na/c11-9(12)6-5-7-3-1-2-4-8(7)10(13)14;/h1-6H,(H,11,12);. The van der Waals surface area contributed by atoms with Crippen molar-refractivity contribution in [3.05, 3.63) is 46.0 Å². The van der Waals surface area contributed by atoms with Crippen molar-refractivity contribution < 1.29 is 14.8 Å². The molecule has 0 aromatic heterocycles. The number of hydrogen-bond donors (Lipinski definition) is 1. The molecule has 6 heteroatoms. The minimum atomic E-state index is -1.14. The number of benzene rings is 1. The Balaban J connectivity index is 0.00000196. The summed E-state index contributed by atoms with van der Waals surface area (Å²) in [5, 5.41) is 18.8. The third-order valence-corrected chi connectivity index (χ3v) is 1.54. The van der Waals surface area contributed by atoms with Crippen molar-refractivity contribution in [3.63, 3.8) is 0 Å². The van der Waals surface area contributed by atoms with Crippen LogP contribution in [0.5, 0.6) is 0 Å². The number of nitro groups is 1. The SMILES string of the molecule is O=C(O)C=Cc1ccccc1[N+](=O)[O-].[Na]. The maximum absolute atomic E-state index is 10.5. The molecule has 1 N–H and O–H groups in total. The molecular formula is C9H7NNaO4. The van der Waals surface area contributed by atoms with Crippen molar-refractivity contribution >= 4 is 47.3 Å². The molecule has 5 nitrogen and oxygen atoms in total. The molecule has 0 unspecified atom stereocenters. The number of para-hydroxylation sites is 1. The van der Waals surface area contributed by atoms with Crippen molar-refractivity contribution in [2.24, 2.45) is 0 Å². The molecule has 15 heavy (non-hydrogen) atoms. The van der Waals surface area contributed by atoms with E-state index in [1.165, 1.54) is 24.3 Å². The molecule has 73 valence electrons. The van der Waals surface area contributed by atoms with Crippen LogP contribution in [0.3, 0.4) is 0 Å². The molecule has 1 rings (SSSR count). The molecule has 0 fully saturated rings. The summed E-state index contributed by atoms with van der Waals surface area (Å²) in [5.74, 6) is -1.14. The van der Waals surface area contributed by atoms with E-state index in [4.69, 9.17) is 5.11 Å². The fraction of sp³-hybridized carbons (Fsp3) is 0. The first-order valence-corrected chi connectivity index (χ1v) is 3.75. The van der Waals surface area contributed by atoms with Crippen molar-refractivity contribution in [1.29, 1.82) is 0 Å². The molecule has 0 aliphatic carbocycles. The van der Waals surface area contributed by atoms with Crippen LogP contribution in [0.25, 0.3) is 6.08 Å². The molecule has 1 aromatic rings. The molecule has 1 aromatic carbocycles. The molecule has 1 radical (unpaired) electrons. The first-order chi connectivity index (χ1) is 6.61. The first-order valence-electron chi connectivity index (χ1n) is 3.75. The van der Waals surface area contributed by atoms with Crippen LogP contribution in [0, 0.1) is 10.1 Å². The van der Waals surface area contributed by atoms with E-state index in [0.29, 0.717) is 0 Å². The second-order valence-electron chi connectivity index (χ2n) is 2.49. The minimum Gasteiger partial charge on any atom is -0.478 e. The first kappa shape index (κ1) is 13.8. The summed E-state index contributed by atoms with van der Waals surface area (Å²) in [6.07, 6.45) is 2.06. The van der Waals surface area contributed by atoms with Crippen LogP contribution in [-0.4, -0.2) is 45.6 Å². The zero-order chi connectivity index (χ0) is 10.6. The van der Waals surface area contributed by atoms with Gasteiger partial charge in [-0.1, -0.05) is 12.1 Å². The van der Waals surface area contributed by atoms with E-state index < -0.39 is 10.9 Å². The Kier molecular flexibility index (Phi) is 5.84. The Morgan fingerprint density at radius 3 is 2.53 bits per heavy atom. The van der Waals surface area contributed by atoms with Gasteiger partial charge in [-0.25, -0.2) is 4.79 Å². The summed E-state index contributed by atoms with van der Waals surface area (Å²) < 4.78 is 0. The van der Waals surface area contributed by atoms with Gasteiger partial charge in [0.15, 0.2) is 0 Å². The molecular weight excluding hydrogens is 209 g/mol.